The highest BCUT2D eigenvalue weighted by Crippen LogP contribution is 2.37. The fourth-order valence-corrected chi connectivity index (χ4v) is 5.24. The highest BCUT2D eigenvalue weighted by molar-refractivity contribution is 5.84. The van der Waals surface area contributed by atoms with E-state index in [2.05, 4.69) is 5.32 Å². The lowest BCUT2D eigenvalue weighted by Crippen LogP contribution is -2.36. The average molecular weight is 451 g/mol. The van der Waals surface area contributed by atoms with E-state index in [0.29, 0.717) is 25.4 Å². The number of likely N-dealkylation sites (tertiary alicyclic amines) is 1. The first-order valence-electron chi connectivity index (χ1n) is 11.7. The van der Waals surface area contributed by atoms with Crippen LogP contribution in [-0.2, 0) is 16.1 Å². The van der Waals surface area contributed by atoms with Crippen molar-refractivity contribution in [1.29, 1.82) is 0 Å². The molecule has 2 amide bonds. The van der Waals surface area contributed by atoms with Crippen LogP contribution < -0.4 is 19.5 Å². The Labute approximate surface area is 194 Å². The molecule has 1 saturated carbocycles. The van der Waals surface area contributed by atoms with Crippen LogP contribution in [0.25, 0.3) is 0 Å². The molecule has 33 heavy (non-hydrogen) atoms. The highest BCUT2D eigenvalue weighted by Gasteiger charge is 2.42. The molecule has 5 rings (SSSR count). The summed E-state index contributed by atoms with van der Waals surface area (Å²) < 4.78 is 16.1. The van der Waals surface area contributed by atoms with Crippen LogP contribution in [0.1, 0.15) is 42.7 Å². The number of hydrogen-bond acceptors (Lipinski definition) is 5. The molecule has 0 spiro atoms. The molecule has 0 bridgehead atoms. The SMILES string of the molecule is COc1ccc(C2CN(C(=O)C3CCCC3)CC2C(=O)NCc2ccc3c(c2)OCO3)cc1. The number of nitrogens with one attached hydrogen (secondary N) is 1. The van der Waals surface area contributed by atoms with Gasteiger partial charge < -0.3 is 24.4 Å². The van der Waals surface area contributed by atoms with Gasteiger partial charge in [-0.15, -0.1) is 0 Å². The largest absolute Gasteiger partial charge is 0.497 e. The van der Waals surface area contributed by atoms with Crippen molar-refractivity contribution in [2.45, 2.75) is 38.1 Å². The first-order valence-corrected chi connectivity index (χ1v) is 11.7. The minimum absolute atomic E-state index is 0.0322. The van der Waals surface area contributed by atoms with Crippen molar-refractivity contribution in [3.63, 3.8) is 0 Å². The minimum Gasteiger partial charge on any atom is -0.497 e. The second-order valence-electron chi connectivity index (χ2n) is 9.12. The lowest BCUT2D eigenvalue weighted by atomic mass is 9.88. The molecule has 1 saturated heterocycles. The summed E-state index contributed by atoms with van der Waals surface area (Å²) in [6.45, 7) is 1.66. The summed E-state index contributed by atoms with van der Waals surface area (Å²) in [5, 5.41) is 3.09. The van der Waals surface area contributed by atoms with E-state index in [9.17, 15) is 9.59 Å². The van der Waals surface area contributed by atoms with E-state index in [1.165, 1.54) is 0 Å². The molecule has 7 nitrogen and oxygen atoms in total. The fourth-order valence-electron chi connectivity index (χ4n) is 5.24. The smallest absolute Gasteiger partial charge is 0.231 e. The van der Waals surface area contributed by atoms with E-state index in [1.807, 2.05) is 47.4 Å². The first-order chi connectivity index (χ1) is 16.1. The van der Waals surface area contributed by atoms with Crippen LogP contribution in [0.15, 0.2) is 42.5 Å². The Morgan fingerprint density at radius 1 is 1.03 bits per heavy atom. The third kappa shape index (κ3) is 4.49. The monoisotopic (exact) mass is 450 g/mol. The van der Waals surface area contributed by atoms with Crippen LogP contribution in [0.5, 0.6) is 17.2 Å². The second kappa shape index (κ2) is 9.33. The lowest BCUT2D eigenvalue weighted by Gasteiger charge is -2.20. The van der Waals surface area contributed by atoms with Crippen molar-refractivity contribution in [1.82, 2.24) is 10.2 Å². The Hall–Kier alpha value is -3.22. The van der Waals surface area contributed by atoms with Gasteiger partial charge in [0.1, 0.15) is 5.75 Å². The number of ether oxygens (including phenoxy) is 3. The van der Waals surface area contributed by atoms with E-state index in [4.69, 9.17) is 14.2 Å². The van der Waals surface area contributed by atoms with Crippen molar-refractivity contribution < 1.29 is 23.8 Å². The molecular formula is C26H30N2O5. The fraction of sp³-hybridized carbons (Fsp3) is 0.462. The molecule has 7 heteroatoms. The van der Waals surface area contributed by atoms with Gasteiger partial charge in [0, 0.05) is 31.5 Å². The van der Waals surface area contributed by atoms with Gasteiger partial charge >= 0.3 is 0 Å². The molecule has 2 unspecified atom stereocenters. The predicted octanol–water partition coefficient (Wildman–Crippen LogP) is 3.47. The van der Waals surface area contributed by atoms with Gasteiger partial charge in [-0.3, -0.25) is 9.59 Å². The number of amides is 2. The Balaban J connectivity index is 1.31. The minimum atomic E-state index is -0.294. The highest BCUT2D eigenvalue weighted by atomic mass is 16.7. The van der Waals surface area contributed by atoms with Crippen molar-refractivity contribution in [2.24, 2.45) is 11.8 Å². The van der Waals surface area contributed by atoms with E-state index in [-0.39, 0.29) is 36.4 Å². The number of hydrogen-bond donors (Lipinski definition) is 1. The molecule has 2 fully saturated rings. The van der Waals surface area contributed by atoms with Crippen molar-refractivity contribution in [3.8, 4) is 17.2 Å². The molecule has 0 radical (unpaired) electrons. The van der Waals surface area contributed by atoms with Gasteiger partial charge in [0.05, 0.1) is 13.0 Å². The van der Waals surface area contributed by atoms with Crippen LogP contribution in [0.3, 0.4) is 0 Å². The number of carbonyl (C=O) groups is 2. The topological polar surface area (TPSA) is 77.1 Å². The maximum Gasteiger partial charge on any atom is 0.231 e. The molecule has 3 aliphatic rings. The van der Waals surface area contributed by atoms with Gasteiger partial charge in [-0.05, 0) is 48.2 Å². The Bertz CT molecular complexity index is 1020. The molecule has 2 aromatic rings. The number of nitrogens with zero attached hydrogens (tertiary/aromatic N) is 1. The van der Waals surface area contributed by atoms with Gasteiger partial charge in [-0.25, -0.2) is 0 Å². The number of methoxy groups -OCH3 is 1. The van der Waals surface area contributed by atoms with Crippen LogP contribution in [0, 0.1) is 11.8 Å². The maximum absolute atomic E-state index is 13.3. The van der Waals surface area contributed by atoms with E-state index in [1.54, 1.807) is 7.11 Å². The number of rotatable bonds is 6. The Kier molecular flexibility index (Phi) is 6.11. The Morgan fingerprint density at radius 3 is 2.55 bits per heavy atom. The molecular weight excluding hydrogens is 420 g/mol. The summed E-state index contributed by atoms with van der Waals surface area (Å²) in [4.78, 5) is 28.4. The van der Waals surface area contributed by atoms with E-state index in [0.717, 1.165) is 48.3 Å². The molecule has 0 aromatic heterocycles. The quantitative estimate of drug-likeness (QED) is 0.729. The molecule has 2 heterocycles. The van der Waals surface area contributed by atoms with Crippen LogP contribution >= 0.6 is 0 Å². The van der Waals surface area contributed by atoms with Gasteiger partial charge in [0.2, 0.25) is 18.6 Å². The van der Waals surface area contributed by atoms with Crippen LogP contribution in [0.2, 0.25) is 0 Å². The standard InChI is InChI=1S/C26H30N2O5/c1-31-20-9-7-18(8-10-20)21-14-28(26(30)19-4-2-3-5-19)15-22(21)25(29)27-13-17-6-11-23-24(12-17)33-16-32-23/h6-12,19,21-22H,2-5,13-16H2,1H3,(H,27,29). The number of benzene rings is 2. The molecule has 1 N–H and O–H groups in total. The van der Waals surface area contributed by atoms with Crippen molar-refractivity contribution in [3.05, 3.63) is 53.6 Å². The lowest BCUT2D eigenvalue weighted by molar-refractivity contribution is -0.134. The van der Waals surface area contributed by atoms with Gasteiger partial charge in [0.25, 0.3) is 0 Å². The summed E-state index contributed by atoms with van der Waals surface area (Å²) in [7, 11) is 1.64. The van der Waals surface area contributed by atoms with Gasteiger partial charge in [-0.2, -0.15) is 0 Å². The summed E-state index contributed by atoms with van der Waals surface area (Å²) in [5.41, 5.74) is 2.01. The first kappa shape index (κ1) is 21.6. The molecule has 2 aromatic carbocycles. The van der Waals surface area contributed by atoms with Gasteiger partial charge in [0.15, 0.2) is 11.5 Å². The van der Waals surface area contributed by atoms with Crippen molar-refractivity contribution >= 4 is 11.8 Å². The normalized spacial score (nSPS) is 21.9. The zero-order valence-corrected chi connectivity index (χ0v) is 18.9. The zero-order valence-electron chi connectivity index (χ0n) is 18.9. The Morgan fingerprint density at radius 2 is 1.79 bits per heavy atom. The molecule has 2 atom stereocenters. The molecule has 1 aliphatic carbocycles. The second-order valence-corrected chi connectivity index (χ2v) is 9.12. The summed E-state index contributed by atoms with van der Waals surface area (Å²) >= 11 is 0. The summed E-state index contributed by atoms with van der Waals surface area (Å²) in [5.74, 6) is 2.15. The molecule has 2 aliphatic heterocycles. The van der Waals surface area contributed by atoms with E-state index >= 15 is 0 Å². The number of fused-ring (bicyclic) bond motifs is 1. The summed E-state index contributed by atoms with van der Waals surface area (Å²) in [6, 6.07) is 13.5. The van der Waals surface area contributed by atoms with Crippen LogP contribution in [-0.4, -0.2) is 43.7 Å². The van der Waals surface area contributed by atoms with Gasteiger partial charge in [-0.1, -0.05) is 31.0 Å². The maximum atomic E-state index is 13.3. The predicted molar refractivity (Wildman–Crippen MR) is 122 cm³/mol. The third-order valence-corrected chi connectivity index (χ3v) is 7.12. The molecule has 174 valence electrons. The summed E-state index contributed by atoms with van der Waals surface area (Å²) in [6.07, 6.45) is 4.16. The number of carbonyl (C=O) groups excluding carboxylic acids is 2. The van der Waals surface area contributed by atoms with E-state index < -0.39 is 0 Å². The zero-order chi connectivity index (χ0) is 22.8. The van der Waals surface area contributed by atoms with Crippen molar-refractivity contribution in [2.75, 3.05) is 27.0 Å². The third-order valence-electron chi connectivity index (χ3n) is 7.12. The average Bonchev–Trinajstić information content (AvgIpc) is 3.62. The van der Waals surface area contributed by atoms with Crippen LogP contribution in [0.4, 0.5) is 0 Å².